The minimum absolute atomic E-state index is 0.0868. The van der Waals surface area contributed by atoms with Gasteiger partial charge in [-0.2, -0.15) is 0 Å². The molecule has 20 heavy (non-hydrogen) atoms. The lowest BCUT2D eigenvalue weighted by atomic mass is 9.90. The fourth-order valence-electron chi connectivity index (χ4n) is 2.66. The number of carbonyl (C=O) groups is 1. The van der Waals surface area contributed by atoms with Crippen LogP contribution in [0.5, 0.6) is 0 Å². The van der Waals surface area contributed by atoms with Crippen molar-refractivity contribution in [3.8, 4) is 0 Å². The van der Waals surface area contributed by atoms with E-state index < -0.39 is 0 Å². The lowest BCUT2D eigenvalue weighted by Crippen LogP contribution is -2.51. The van der Waals surface area contributed by atoms with Crippen LogP contribution in [0.4, 0.5) is 0 Å². The Labute approximate surface area is 126 Å². The van der Waals surface area contributed by atoms with E-state index in [1.165, 1.54) is 0 Å². The van der Waals surface area contributed by atoms with Crippen LogP contribution in [0.2, 0.25) is 5.02 Å². The molecule has 2 heterocycles. The maximum Gasteiger partial charge on any atom is 0.270 e. The molecule has 0 bridgehead atoms. The number of amides is 1. The molecule has 0 saturated carbocycles. The summed E-state index contributed by atoms with van der Waals surface area (Å²) >= 11 is 6.06. The van der Waals surface area contributed by atoms with Gasteiger partial charge in [0, 0.05) is 30.9 Å². The quantitative estimate of drug-likeness (QED) is 0.931. The molecule has 0 unspecified atom stereocenters. The number of nitrogens with zero attached hydrogens (tertiary/aromatic N) is 2. The van der Waals surface area contributed by atoms with E-state index in [1.807, 2.05) is 22.7 Å². The van der Waals surface area contributed by atoms with Gasteiger partial charge < -0.3 is 14.8 Å². The number of rotatable bonds is 3. The molecule has 1 aliphatic heterocycles. The Balaban J connectivity index is 2.13. The second kappa shape index (κ2) is 5.78. The van der Waals surface area contributed by atoms with E-state index in [-0.39, 0.29) is 17.5 Å². The van der Waals surface area contributed by atoms with E-state index in [2.05, 4.69) is 26.1 Å². The minimum Gasteiger partial charge on any atom is -0.339 e. The molecule has 0 aromatic carbocycles. The average molecular weight is 298 g/mol. The Morgan fingerprint density at radius 1 is 1.40 bits per heavy atom. The van der Waals surface area contributed by atoms with Crippen molar-refractivity contribution in [2.45, 2.75) is 45.2 Å². The SMILES string of the molecule is CNC1(C)CCN(C(=O)c2cc(Cl)cn2C(C)C)CC1. The normalized spacial score (nSPS) is 18.6. The molecule has 1 aromatic rings. The number of aromatic nitrogens is 1. The zero-order valence-corrected chi connectivity index (χ0v) is 13.5. The maximum absolute atomic E-state index is 12.7. The molecule has 2 rings (SSSR count). The molecule has 1 N–H and O–H groups in total. The van der Waals surface area contributed by atoms with Crippen LogP contribution in [0.1, 0.15) is 50.1 Å². The predicted molar refractivity (Wildman–Crippen MR) is 82.4 cm³/mol. The molecule has 0 aliphatic carbocycles. The summed E-state index contributed by atoms with van der Waals surface area (Å²) in [4.78, 5) is 14.6. The monoisotopic (exact) mass is 297 g/mol. The van der Waals surface area contributed by atoms with Crippen molar-refractivity contribution in [1.82, 2.24) is 14.8 Å². The van der Waals surface area contributed by atoms with Gasteiger partial charge in [-0.25, -0.2) is 0 Å². The van der Waals surface area contributed by atoms with Crippen LogP contribution in [0, 0.1) is 0 Å². The summed E-state index contributed by atoms with van der Waals surface area (Å²) in [5.41, 5.74) is 0.840. The topological polar surface area (TPSA) is 37.3 Å². The van der Waals surface area contributed by atoms with E-state index in [9.17, 15) is 4.79 Å². The van der Waals surface area contributed by atoms with E-state index in [1.54, 1.807) is 6.07 Å². The first-order chi connectivity index (χ1) is 9.36. The van der Waals surface area contributed by atoms with Crippen molar-refractivity contribution in [3.05, 3.63) is 23.0 Å². The van der Waals surface area contributed by atoms with Gasteiger partial charge in [-0.15, -0.1) is 0 Å². The summed E-state index contributed by atoms with van der Waals surface area (Å²) < 4.78 is 1.95. The number of halogens is 1. The van der Waals surface area contributed by atoms with Gasteiger partial charge in [0.15, 0.2) is 0 Å². The van der Waals surface area contributed by atoms with Gasteiger partial charge in [0.2, 0.25) is 0 Å². The highest BCUT2D eigenvalue weighted by atomic mass is 35.5. The average Bonchev–Trinajstić information content (AvgIpc) is 2.81. The third-order valence-electron chi connectivity index (χ3n) is 4.35. The van der Waals surface area contributed by atoms with Gasteiger partial charge >= 0.3 is 0 Å². The van der Waals surface area contributed by atoms with Crippen LogP contribution in [0.15, 0.2) is 12.3 Å². The van der Waals surface area contributed by atoms with Gasteiger partial charge in [0.05, 0.1) is 5.02 Å². The van der Waals surface area contributed by atoms with E-state index in [4.69, 9.17) is 11.6 Å². The van der Waals surface area contributed by atoms with Gasteiger partial charge in [-0.1, -0.05) is 11.6 Å². The largest absolute Gasteiger partial charge is 0.339 e. The molecule has 112 valence electrons. The summed E-state index contributed by atoms with van der Waals surface area (Å²) in [6.45, 7) is 7.90. The molecule has 0 radical (unpaired) electrons. The van der Waals surface area contributed by atoms with Crippen LogP contribution in [-0.2, 0) is 0 Å². The van der Waals surface area contributed by atoms with Crippen LogP contribution in [0.3, 0.4) is 0 Å². The number of carbonyl (C=O) groups excluding carboxylic acids is 1. The Kier molecular flexibility index (Phi) is 4.45. The highest BCUT2D eigenvalue weighted by molar-refractivity contribution is 6.31. The first-order valence-corrected chi connectivity index (χ1v) is 7.59. The van der Waals surface area contributed by atoms with Crippen molar-refractivity contribution in [2.24, 2.45) is 0 Å². The Morgan fingerprint density at radius 3 is 2.50 bits per heavy atom. The van der Waals surface area contributed by atoms with Crippen molar-refractivity contribution in [1.29, 1.82) is 0 Å². The van der Waals surface area contributed by atoms with Crippen molar-refractivity contribution < 1.29 is 4.79 Å². The van der Waals surface area contributed by atoms with Crippen LogP contribution >= 0.6 is 11.6 Å². The Hall–Kier alpha value is -1.00. The molecule has 1 saturated heterocycles. The van der Waals surface area contributed by atoms with Crippen LogP contribution < -0.4 is 5.32 Å². The maximum atomic E-state index is 12.7. The molecule has 1 amide bonds. The summed E-state index contributed by atoms with van der Waals surface area (Å²) in [6.07, 6.45) is 3.79. The highest BCUT2D eigenvalue weighted by Gasteiger charge is 2.31. The smallest absolute Gasteiger partial charge is 0.270 e. The van der Waals surface area contributed by atoms with Crippen LogP contribution in [-0.4, -0.2) is 41.1 Å². The summed E-state index contributed by atoms with van der Waals surface area (Å²) in [5.74, 6) is 0.0868. The fraction of sp³-hybridized carbons (Fsp3) is 0.667. The summed E-state index contributed by atoms with van der Waals surface area (Å²) in [6, 6.07) is 2.00. The standard InChI is InChI=1S/C15H24ClN3O/c1-11(2)19-10-12(16)9-13(19)14(20)18-7-5-15(3,17-4)6-8-18/h9-11,17H,5-8H2,1-4H3. The molecule has 1 aromatic heterocycles. The first kappa shape index (κ1) is 15.4. The Bertz CT molecular complexity index is 487. The zero-order valence-electron chi connectivity index (χ0n) is 12.7. The minimum atomic E-state index is 0.0868. The zero-order chi connectivity index (χ0) is 14.9. The number of piperidine rings is 1. The lowest BCUT2D eigenvalue weighted by molar-refractivity contribution is 0.0649. The predicted octanol–water partition coefficient (Wildman–Crippen LogP) is 2.94. The van der Waals surface area contributed by atoms with Gasteiger partial charge in [-0.3, -0.25) is 4.79 Å². The summed E-state index contributed by atoms with van der Waals surface area (Å²) in [5, 5.41) is 3.97. The second-order valence-corrected chi connectivity index (χ2v) is 6.58. The molecule has 1 fully saturated rings. The third-order valence-corrected chi connectivity index (χ3v) is 4.56. The number of hydrogen-bond acceptors (Lipinski definition) is 2. The first-order valence-electron chi connectivity index (χ1n) is 7.22. The van der Waals surface area contributed by atoms with E-state index in [0.717, 1.165) is 25.9 Å². The summed E-state index contributed by atoms with van der Waals surface area (Å²) in [7, 11) is 1.99. The van der Waals surface area contributed by atoms with Crippen molar-refractivity contribution in [2.75, 3.05) is 20.1 Å². The van der Waals surface area contributed by atoms with E-state index >= 15 is 0 Å². The van der Waals surface area contributed by atoms with Crippen molar-refractivity contribution in [3.63, 3.8) is 0 Å². The molecule has 0 spiro atoms. The van der Waals surface area contributed by atoms with Crippen LogP contribution in [0.25, 0.3) is 0 Å². The third kappa shape index (κ3) is 3.01. The number of nitrogens with one attached hydrogen (secondary N) is 1. The van der Waals surface area contributed by atoms with E-state index in [0.29, 0.717) is 10.7 Å². The lowest BCUT2D eigenvalue weighted by Gasteiger charge is -2.39. The molecular weight excluding hydrogens is 274 g/mol. The highest BCUT2D eigenvalue weighted by Crippen LogP contribution is 2.25. The number of hydrogen-bond donors (Lipinski definition) is 1. The molecule has 5 heteroatoms. The van der Waals surface area contributed by atoms with Gasteiger partial charge in [0.25, 0.3) is 5.91 Å². The van der Waals surface area contributed by atoms with Crippen molar-refractivity contribution >= 4 is 17.5 Å². The second-order valence-electron chi connectivity index (χ2n) is 6.15. The molecule has 0 atom stereocenters. The molecule has 1 aliphatic rings. The Morgan fingerprint density at radius 2 is 2.00 bits per heavy atom. The fourth-order valence-corrected chi connectivity index (χ4v) is 2.87. The van der Waals surface area contributed by atoms with Gasteiger partial charge in [0.1, 0.15) is 5.69 Å². The molecular formula is C15H24ClN3O. The molecule has 4 nitrogen and oxygen atoms in total. The van der Waals surface area contributed by atoms with Gasteiger partial charge in [-0.05, 0) is 46.7 Å². The number of likely N-dealkylation sites (tertiary alicyclic amines) is 1.